The summed E-state index contributed by atoms with van der Waals surface area (Å²) in [6.45, 7) is 7.73. The maximum atomic E-state index is 11.9. The molecule has 0 aliphatic heterocycles. The number of esters is 1. The molecule has 0 amide bonds. The number of benzene rings is 2. The number of ether oxygens (including phenoxy) is 4. The topological polar surface area (TPSA) is 54.0 Å². The van der Waals surface area contributed by atoms with Gasteiger partial charge in [0.25, 0.3) is 0 Å². The molecule has 140 valence electrons. The zero-order valence-electron chi connectivity index (χ0n) is 16.0. The van der Waals surface area contributed by atoms with E-state index in [1.54, 1.807) is 25.3 Å². The van der Waals surface area contributed by atoms with Gasteiger partial charge in [-0.1, -0.05) is 0 Å². The smallest absolute Gasteiger partial charge is 0.337 e. The molecule has 2 aromatic rings. The van der Waals surface area contributed by atoms with E-state index in [1.807, 2.05) is 32.9 Å². The molecule has 0 aliphatic carbocycles. The Labute approximate surface area is 154 Å². The molecule has 0 saturated carbocycles. The van der Waals surface area contributed by atoms with Crippen LogP contribution in [0.3, 0.4) is 0 Å². The first-order valence-corrected chi connectivity index (χ1v) is 8.60. The lowest BCUT2D eigenvalue weighted by molar-refractivity contribution is 0.0600. The van der Waals surface area contributed by atoms with Crippen LogP contribution in [0, 0.1) is 13.8 Å². The van der Waals surface area contributed by atoms with Crippen molar-refractivity contribution in [3.8, 4) is 22.6 Å². The second kappa shape index (κ2) is 9.25. The van der Waals surface area contributed by atoms with Crippen molar-refractivity contribution in [1.82, 2.24) is 0 Å². The molecule has 2 rings (SSSR count). The molecule has 0 aromatic heterocycles. The minimum Gasteiger partial charge on any atom is -0.496 e. The average molecular weight is 358 g/mol. The number of methoxy groups -OCH3 is 2. The predicted octanol–water partition coefficient (Wildman–Crippen LogP) is 4.18. The van der Waals surface area contributed by atoms with Gasteiger partial charge in [0.1, 0.15) is 18.1 Å². The minimum atomic E-state index is -0.375. The summed E-state index contributed by atoms with van der Waals surface area (Å²) in [5.41, 5.74) is 4.43. The van der Waals surface area contributed by atoms with E-state index in [-0.39, 0.29) is 5.97 Å². The third-order valence-electron chi connectivity index (χ3n) is 4.10. The summed E-state index contributed by atoms with van der Waals surface area (Å²) in [5.74, 6) is 1.13. The Morgan fingerprint density at radius 3 is 2.27 bits per heavy atom. The van der Waals surface area contributed by atoms with Gasteiger partial charge in [-0.25, -0.2) is 4.79 Å². The maximum Gasteiger partial charge on any atom is 0.337 e. The van der Waals surface area contributed by atoms with Crippen LogP contribution in [0.5, 0.6) is 11.5 Å². The van der Waals surface area contributed by atoms with Crippen LogP contribution in [0.25, 0.3) is 11.1 Å². The lowest BCUT2D eigenvalue weighted by Crippen LogP contribution is -2.07. The van der Waals surface area contributed by atoms with Gasteiger partial charge in [0.15, 0.2) is 0 Å². The molecule has 0 fully saturated rings. The molecule has 0 radical (unpaired) electrons. The monoisotopic (exact) mass is 358 g/mol. The van der Waals surface area contributed by atoms with Crippen molar-refractivity contribution in [2.24, 2.45) is 0 Å². The summed E-state index contributed by atoms with van der Waals surface area (Å²) < 4.78 is 21.4. The molecule has 2 aromatic carbocycles. The first kappa shape index (κ1) is 19.8. The lowest BCUT2D eigenvalue weighted by atomic mass is 9.93. The van der Waals surface area contributed by atoms with E-state index >= 15 is 0 Å². The van der Waals surface area contributed by atoms with Crippen LogP contribution in [-0.2, 0) is 9.47 Å². The Bertz CT molecular complexity index is 744. The summed E-state index contributed by atoms with van der Waals surface area (Å²) in [5, 5.41) is 0. The van der Waals surface area contributed by atoms with Gasteiger partial charge in [0.05, 0.1) is 26.4 Å². The molecule has 5 nitrogen and oxygen atoms in total. The molecule has 0 N–H and O–H groups in total. The van der Waals surface area contributed by atoms with Gasteiger partial charge in [-0.3, -0.25) is 0 Å². The highest BCUT2D eigenvalue weighted by atomic mass is 16.5. The molecule has 0 spiro atoms. The summed E-state index contributed by atoms with van der Waals surface area (Å²) in [6, 6.07) is 9.25. The lowest BCUT2D eigenvalue weighted by Gasteiger charge is -2.17. The number of hydrogen-bond donors (Lipinski definition) is 0. The van der Waals surface area contributed by atoms with Gasteiger partial charge in [-0.15, -0.1) is 0 Å². The van der Waals surface area contributed by atoms with Gasteiger partial charge in [-0.2, -0.15) is 0 Å². The molecule has 0 bridgehead atoms. The van der Waals surface area contributed by atoms with Crippen molar-refractivity contribution in [2.45, 2.75) is 20.8 Å². The fourth-order valence-electron chi connectivity index (χ4n) is 2.94. The highest BCUT2D eigenvalue weighted by Gasteiger charge is 2.16. The number of rotatable bonds is 8. The SMILES string of the molecule is CCOCCOc1cc(C)c(-c2cc(C(=O)OC)ccc2OC)c(C)c1. The molecule has 0 aliphatic rings. The van der Waals surface area contributed by atoms with Crippen molar-refractivity contribution in [1.29, 1.82) is 0 Å². The fourth-order valence-corrected chi connectivity index (χ4v) is 2.94. The predicted molar refractivity (Wildman–Crippen MR) is 101 cm³/mol. The first-order chi connectivity index (χ1) is 12.5. The van der Waals surface area contributed by atoms with Crippen molar-refractivity contribution in [2.75, 3.05) is 34.0 Å². The van der Waals surface area contributed by atoms with Crippen molar-refractivity contribution >= 4 is 5.97 Å². The summed E-state index contributed by atoms with van der Waals surface area (Å²) in [7, 11) is 2.99. The second-order valence-corrected chi connectivity index (χ2v) is 5.88. The van der Waals surface area contributed by atoms with Crippen molar-refractivity contribution < 1.29 is 23.7 Å². The molecule has 26 heavy (non-hydrogen) atoms. The van der Waals surface area contributed by atoms with Gasteiger partial charge in [0.2, 0.25) is 0 Å². The maximum absolute atomic E-state index is 11.9. The van der Waals surface area contributed by atoms with Crippen LogP contribution in [-0.4, -0.2) is 40.0 Å². The minimum absolute atomic E-state index is 0.375. The van der Waals surface area contributed by atoms with Crippen LogP contribution >= 0.6 is 0 Å². The van der Waals surface area contributed by atoms with Crippen LogP contribution in [0.15, 0.2) is 30.3 Å². The van der Waals surface area contributed by atoms with E-state index in [4.69, 9.17) is 18.9 Å². The highest BCUT2D eigenvalue weighted by molar-refractivity contribution is 5.92. The molecule has 0 saturated heterocycles. The summed E-state index contributed by atoms with van der Waals surface area (Å²) in [6.07, 6.45) is 0. The Morgan fingerprint density at radius 1 is 1.00 bits per heavy atom. The third-order valence-corrected chi connectivity index (χ3v) is 4.10. The van der Waals surface area contributed by atoms with E-state index in [0.29, 0.717) is 31.1 Å². The number of hydrogen-bond acceptors (Lipinski definition) is 5. The van der Waals surface area contributed by atoms with E-state index in [0.717, 1.165) is 28.0 Å². The van der Waals surface area contributed by atoms with Crippen LogP contribution < -0.4 is 9.47 Å². The second-order valence-electron chi connectivity index (χ2n) is 5.88. The van der Waals surface area contributed by atoms with Crippen LogP contribution in [0.2, 0.25) is 0 Å². The van der Waals surface area contributed by atoms with E-state index < -0.39 is 0 Å². The van der Waals surface area contributed by atoms with E-state index in [1.165, 1.54) is 7.11 Å². The molecule has 0 heterocycles. The summed E-state index contributed by atoms with van der Waals surface area (Å²) in [4.78, 5) is 11.9. The van der Waals surface area contributed by atoms with Gasteiger partial charge in [-0.05, 0) is 67.8 Å². The molecule has 0 atom stereocenters. The Balaban J connectivity index is 2.40. The van der Waals surface area contributed by atoms with E-state index in [2.05, 4.69) is 0 Å². The average Bonchev–Trinajstić information content (AvgIpc) is 2.64. The van der Waals surface area contributed by atoms with Crippen LogP contribution in [0.1, 0.15) is 28.4 Å². The Morgan fingerprint density at radius 2 is 1.69 bits per heavy atom. The normalized spacial score (nSPS) is 10.5. The summed E-state index contributed by atoms with van der Waals surface area (Å²) >= 11 is 0. The Hall–Kier alpha value is -2.53. The molecular formula is C21H26O5. The quantitative estimate of drug-likeness (QED) is 0.523. The zero-order chi connectivity index (χ0) is 19.1. The van der Waals surface area contributed by atoms with Gasteiger partial charge < -0.3 is 18.9 Å². The standard InChI is InChI=1S/C21H26O5/c1-6-25-9-10-26-17-11-14(2)20(15(3)12-17)18-13-16(21(22)24-5)7-8-19(18)23-4/h7-8,11-13H,6,9-10H2,1-5H3. The third kappa shape index (κ3) is 4.55. The number of carbonyl (C=O) groups excluding carboxylic acids is 1. The van der Waals surface area contributed by atoms with Gasteiger partial charge in [0, 0.05) is 12.2 Å². The fraction of sp³-hybridized carbons (Fsp3) is 0.381. The van der Waals surface area contributed by atoms with Crippen molar-refractivity contribution in [3.63, 3.8) is 0 Å². The van der Waals surface area contributed by atoms with Crippen molar-refractivity contribution in [3.05, 3.63) is 47.0 Å². The number of aryl methyl sites for hydroxylation is 2. The van der Waals surface area contributed by atoms with Gasteiger partial charge >= 0.3 is 5.97 Å². The zero-order valence-corrected chi connectivity index (χ0v) is 16.0. The molecular weight excluding hydrogens is 332 g/mol. The first-order valence-electron chi connectivity index (χ1n) is 8.60. The Kier molecular flexibility index (Phi) is 7.04. The molecule has 5 heteroatoms. The highest BCUT2D eigenvalue weighted by Crippen LogP contribution is 2.37. The van der Waals surface area contributed by atoms with E-state index in [9.17, 15) is 4.79 Å². The largest absolute Gasteiger partial charge is 0.496 e. The number of carbonyl (C=O) groups is 1. The van der Waals surface area contributed by atoms with Crippen LogP contribution in [0.4, 0.5) is 0 Å². The molecule has 0 unspecified atom stereocenters.